The predicted octanol–water partition coefficient (Wildman–Crippen LogP) is 2.28. The first kappa shape index (κ1) is 16.3. The minimum Gasteiger partial charge on any atom is -0.395 e. The van der Waals surface area contributed by atoms with Crippen molar-refractivity contribution in [3.8, 4) is 0 Å². The molecule has 130 valence electrons. The molecule has 4 nitrogen and oxygen atoms in total. The molecule has 2 saturated heterocycles. The van der Waals surface area contributed by atoms with Gasteiger partial charge in [-0.05, 0) is 17.5 Å². The molecule has 0 spiro atoms. The molecule has 0 radical (unpaired) electrons. The van der Waals surface area contributed by atoms with E-state index in [1.807, 2.05) is 41.3 Å². The third kappa shape index (κ3) is 3.20. The molecule has 2 unspecified atom stereocenters. The lowest BCUT2D eigenvalue weighted by Crippen LogP contribution is -2.44. The summed E-state index contributed by atoms with van der Waals surface area (Å²) < 4.78 is 0. The maximum atomic E-state index is 13.1. The van der Waals surface area contributed by atoms with Gasteiger partial charge >= 0.3 is 0 Å². The molecule has 1 amide bonds. The van der Waals surface area contributed by atoms with Gasteiger partial charge in [0.15, 0.2) is 0 Å². The van der Waals surface area contributed by atoms with Crippen molar-refractivity contribution in [2.75, 3.05) is 13.2 Å². The van der Waals surface area contributed by atoms with Crippen LogP contribution in [0.2, 0.25) is 0 Å². The van der Waals surface area contributed by atoms with Gasteiger partial charge in [0.1, 0.15) is 0 Å². The van der Waals surface area contributed by atoms with Crippen LogP contribution in [0.5, 0.6) is 0 Å². The number of benzene rings is 2. The van der Waals surface area contributed by atoms with Crippen molar-refractivity contribution >= 4 is 5.91 Å². The van der Waals surface area contributed by atoms with E-state index < -0.39 is 0 Å². The van der Waals surface area contributed by atoms with Gasteiger partial charge in [0.2, 0.25) is 5.91 Å². The SMILES string of the molecule is O=C1C2[C@@H](CC(CO)N2Cc2ccccc2)CN1Cc1ccccc1. The first-order chi connectivity index (χ1) is 12.3. The number of rotatable bonds is 5. The molecule has 0 bridgehead atoms. The van der Waals surface area contributed by atoms with Crippen molar-refractivity contribution in [1.29, 1.82) is 0 Å². The molecule has 2 aliphatic heterocycles. The van der Waals surface area contributed by atoms with Crippen LogP contribution in [0.25, 0.3) is 0 Å². The summed E-state index contributed by atoms with van der Waals surface area (Å²) in [4.78, 5) is 17.3. The Kier molecular flexibility index (Phi) is 4.55. The van der Waals surface area contributed by atoms with Crippen LogP contribution < -0.4 is 0 Å². The summed E-state index contributed by atoms with van der Waals surface area (Å²) in [6, 6.07) is 20.4. The van der Waals surface area contributed by atoms with Crippen LogP contribution >= 0.6 is 0 Å². The second-order valence-corrected chi connectivity index (χ2v) is 7.14. The summed E-state index contributed by atoms with van der Waals surface area (Å²) in [5, 5.41) is 9.79. The monoisotopic (exact) mass is 336 g/mol. The number of fused-ring (bicyclic) bond motifs is 1. The summed E-state index contributed by atoms with van der Waals surface area (Å²) >= 11 is 0. The van der Waals surface area contributed by atoms with E-state index >= 15 is 0 Å². The Hall–Kier alpha value is -2.17. The molecular formula is C21H24N2O2. The van der Waals surface area contributed by atoms with E-state index in [0.717, 1.165) is 19.5 Å². The van der Waals surface area contributed by atoms with Crippen LogP contribution in [0.4, 0.5) is 0 Å². The molecule has 1 N–H and O–H groups in total. The van der Waals surface area contributed by atoms with Crippen LogP contribution in [0.1, 0.15) is 17.5 Å². The molecule has 3 atom stereocenters. The first-order valence-corrected chi connectivity index (χ1v) is 8.99. The first-order valence-electron chi connectivity index (χ1n) is 8.99. The maximum Gasteiger partial charge on any atom is 0.240 e. The number of aliphatic hydroxyl groups excluding tert-OH is 1. The highest BCUT2D eigenvalue weighted by Crippen LogP contribution is 2.38. The van der Waals surface area contributed by atoms with Gasteiger partial charge in [0, 0.05) is 31.6 Å². The van der Waals surface area contributed by atoms with Gasteiger partial charge in [-0.1, -0.05) is 60.7 Å². The second kappa shape index (κ2) is 6.98. The van der Waals surface area contributed by atoms with Crippen molar-refractivity contribution in [3.05, 3.63) is 71.8 Å². The normalized spacial score (nSPS) is 26.2. The zero-order valence-corrected chi connectivity index (χ0v) is 14.3. The summed E-state index contributed by atoms with van der Waals surface area (Å²) in [6.07, 6.45) is 0.894. The Morgan fingerprint density at radius 3 is 2.12 bits per heavy atom. The van der Waals surface area contributed by atoms with Crippen LogP contribution in [-0.4, -0.2) is 46.0 Å². The third-order valence-corrected chi connectivity index (χ3v) is 5.50. The molecule has 4 rings (SSSR count). The molecule has 0 saturated carbocycles. The van der Waals surface area contributed by atoms with Gasteiger partial charge in [0.05, 0.1) is 12.6 Å². The van der Waals surface area contributed by atoms with E-state index in [0.29, 0.717) is 12.5 Å². The highest BCUT2D eigenvalue weighted by molar-refractivity contribution is 5.85. The summed E-state index contributed by atoms with van der Waals surface area (Å²) in [7, 11) is 0. The highest BCUT2D eigenvalue weighted by Gasteiger charge is 2.51. The maximum absolute atomic E-state index is 13.1. The van der Waals surface area contributed by atoms with Gasteiger partial charge in [-0.15, -0.1) is 0 Å². The summed E-state index contributed by atoms with van der Waals surface area (Å²) in [5.41, 5.74) is 2.36. The van der Waals surface area contributed by atoms with E-state index in [9.17, 15) is 9.90 Å². The quantitative estimate of drug-likeness (QED) is 0.911. The number of carbonyl (C=O) groups excluding carboxylic acids is 1. The van der Waals surface area contributed by atoms with Crippen LogP contribution in [0.3, 0.4) is 0 Å². The minimum atomic E-state index is -0.0962. The Bertz CT molecular complexity index is 719. The second-order valence-electron chi connectivity index (χ2n) is 7.14. The molecule has 2 aromatic carbocycles. The molecule has 4 heteroatoms. The fourth-order valence-corrected chi connectivity index (χ4v) is 4.34. The molecular weight excluding hydrogens is 312 g/mol. The smallest absolute Gasteiger partial charge is 0.240 e. The van der Waals surface area contributed by atoms with E-state index in [1.54, 1.807) is 0 Å². The molecule has 0 aliphatic carbocycles. The Morgan fingerprint density at radius 2 is 1.52 bits per heavy atom. The summed E-state index contributed by atoms with van der Waals surface area (Å²) in [5.74, 6) is 0.526. The van der Waals surface area contributed by atoms with Crippen molar-refractivity contribution < 1.29 is 9.90 Å². The fraction of sp³-hybridized carbons (Fsp3) is 0.381. The van der Waals surface area contributed by atoms with E-state index in [4.69, 9.17) is 0 Å². The number of carbonyl (C=O) groups is 1. The van der Waals surface area contributed by atoms with Crippen LogP contribution in [0, 0.1) is 5.92 Å². The Morgan fingerprint density at radius 1 is 0.920 bits per heavy atom. The minimum absolute atomic E-state index is 0.0815. The standard InChI is InChI=1S/C21H24N2O2/c24-15-19-11-18-14-22(12-16-7-3-1-4-8-16)21(25)20(18)23(19)13-17-9-5-2-6-10-17/h1-10,18-20,24H,11-15H2/t18-,19?,20?/m0/s1. The number of amides is 1. The van der Waals surface area contributed by atoms with Gasteiger partial charge in [-0.3, -0.25) is 9.69 Å². The average Bonchev–Trinajstić information content (AvgIpc) is 3.14. The number of aliphatic hydroxyl groups is 1. The lowest BCUT2D eigenvalue weighted by Gasteiger charge is -2.29. The number of hydrogen-bond acceptors (Lipinski definition) is 3. The van der Waals surface area contributed by atoms with E-state index in [2.05, 4.69) is 29.2 Å². The van der Waals surface area contributed by atoms with Gasteiger partial charge < -0.3 is 10.0 Å². The topological polar surface area (TPSA) is 43.8 Å². The number of likely N-dealkylation sites (tertiary alicyclic amines) is 2. The zero-order valence-electron chi connectivity index (χ0n) is 14.3. The highest BCUT2D eigenvalue weighted by atomic mass is 16.3. The lowest BCUT2D eigenvalue weighted by molar-refractivity contribution is -0.133. The lowest BCUT2D eigenvalue weighted by atomic mass is 10.0. The Labute approximate surface area is 148 Å². The molecule has 0 aromatic heterocycles. The predicted molar refractivity (Wildman–Crippen MR) is 96.6 cm³/mol. The fourth-order valence-electron chi connectivity index (χ4n) is 4.34. The van der Waals surface area contributed by atoms with Crippen molar-refractivity contribution in [2.45, 2.75) is 31.6 Å². The van der Waals surface area contributed by atoms with Crippen molar-refractivity contribution in [1.82, 2.24) is 9.80 Å². The summed E-state index contributed by atoms with van der Waals surface area (Å²) in [6.45, 7) is 2.31. The van der Waals surface area contributed by atoms with E-state index in [-0.39, 0.29) is 24.6 Å². The number of nitrogens with zero attached hydrogens (tertiary/aromatic N) is 2. The van der Waals surface area contributed by atoms with Crippen molar-refractivity contribution in [3.63, 3.8) is 0 Å². The van der Waals surface area contributed by atoms with Gasteiger partial charge in [-0.25, -0.2) is 0 Å². The molecule has 25 heavy (non-hydrogen) atoms. The molecule has 2 heterocycles. The van der Waals surface area contributed by atoms with Crippen molar-refractivity contribution in [2.24, 2.45) is 5.92 Å². The Balaban J connectivity index is 1.51. The van der Waals surface area contributed by atoms with Gasteiger partial charge in [-0.2, -0.15) is 0 Å². The van der Waals surface area contributed by atoms with Crippen LogP contribution in [0.15, 0.2) is 60.7 Å². The van der Waals surface area contributed by atoms with Gasteiger partial charge in [0.25, 0.3) is 0 Å². The third-order valence-electron chi connectivity index (χ3n) is 5.50. The average molecular weight is 336 g/mol. The van der Waals surface area contributed by atoms with E-state index in [1.165, 1.54) is 11.1 Å². The number of hydrogen-bond donors (Lipinski definition) is 1. The molecule has 2 fully saturated rings. The largest absolute Gasteiger partial charge is 0.395 e. The zero-order chi connectivity index (χ0) is 17.2. The molecule has 2 aromatic rings. The van der Waals surface area contributed by atoms with Crippen LogP contribution in [-0.2, 0) is 17.9 Å². The molecule has 2 aliphatic rings.